The molecule has 1 aromatic heterocycles. The summed E-state index contributed by atoms with van der Waals surface area (Å²) in [4.78, 5) is 10.6. The molecule has 0 bridgehead atoms. The van der Waals surface area contributed by atoms with Crippen LogP contribution in [-0.2, 0) is 7.05 Å². The maximum absolute atomic E-state index is 10.6. The van der Waals surface area contributed by atoms with Crippen LogP contribution in [0.2, 0.25) is 0 Å². The van der Waals surface area contributed by atoms with Crippen LogP contribution in [-0.4, -0.2) is 9.68 Å². The zero-order valence-electron chi connectivity index (χ0n) is 5.03. The normalized spacial score (nSPS) is 9.56. The van der Waals surface area contributed by atoms with Crippen LogP contribution in [0.1, 0.15) is 10.5 Å². The molecule has 0 fully saturated rings. The number of carbonyl (C=O) groups is 1. The third-order valence-electron chi connectivity index (χ3n) is 1.16. The van der Waals surface area contributed by atoms with Crippen molar-refractivity contribution < 1.29 is 4.79 Å². The van der Waals surface area contributed by atoms with Crippen molar-refractivity contribution in [1.82, 2.24) is 4.57 Å². The molecular weight excluding hydrogens is 134 g/mol. The molecule has 0 N–H and O–H groups in total. The van der Waals surface area contributed by atoms with Crippen molar-refractivity contribution in [3.8, 4) is 0 Å². The topological polar surface area (TPSA) is 22.0 Å². The standard InChI is InChI=1S/C6H7NOS/c1-7-4-2-3-5(7)6(8)9/h2-4H,1H3,(H,8,9). The lowest BCUT2D eigenvalue weighted by Gasteiger charge is -1.93. The molecule has 0 aliphatic rings. The summed E-state index contributed by atoms with van der Waals surface area (Å²) in [5.41, 5.74) is 0.623. The molecular formula is C6H7NOS. The number of aryl methyl sites for hydroxylation is 1. The summed E-state index contributed by atoms with van der Waals surface area (Å²) in [7, 11) is 1.81. The minimum absolute atomic E-state index is 0.192. The van der Waals surface area contributed by atoms with Gasteiger partial charge < -0.3 is 4.57 Å². The lowest BCUT2D eigenvalue weighted by molar-refractivity contribution is 0.108. The van der Waals surface area contributed by atoms with E-state index in [4.69, 9.17) is 0 Å². The van der Waals surface area contributed by atoms with Gasteiger partial charge in [0.2, 0.25) is 5.12 Å². The van der Waals surface area contributed by atoms with Crippen molar-refractivity contribution in [3.63, 3.8) is 0 Å². The predicted octanol–water partition coefficient (Wildman–Crippen LogP) is 1.10. The molecule has 0 saturated heterocycles. The van der Waals surface area contributed by atoms with E-state index in [0.29, 0.717) is 5.69 Å². The van der Waals surface area contributed by atoms with Crippen LogP contribution in [0.25, 0.3) is 0 Å². The monoisotopic (exact) mass is 141 g/mol. The predicted molar refractivity (Wildman–Crippen MR) is 38.7 cm³/mol. The van der Waals surface area contributed by atoms with Crippen molar-refractivity contribution in [2.24, 2.45) is 7.05 Å². The second-order valence-electron chi connectivity index (χ2n) is 1.81. The van der Waals surface area contributed by atoms with E-state index in [1.54, 1.807) is 10.6 Å². The van der Waals surface area contributed by atoms with Crippen LogP contribution in [0, 0.1) is 0 Å². The minimum Gasteiger partial charge on any atom is -0.347 e. The zero-order chi connectivity index (χ0) is 6.85. The van der Waals surface area contributed by atoms with Crippen molar-refractivity contribution in [2.75, 3.05) is 0 Å². The first kappa shape index (κ1) is 6.42. The Labute approximate surface area is 58.9 Å². The Morgan fingerprint density at radius 2 is 2.44 bits per heavy atom. The van der Waals surface area contributed by atoms with Gasteiger partial charge >= 0.3 is 0 Å². The largest absolute Gasteiger partial charge is 0.347 e. The van der Waals surface area contributed by atoms with E-state index in [1.807, 2.05) is 19.3 Å². The Kier molecular flexibility index (Phi) is 1.62. The van der Waals surface area contributed by atoms with E-state index in [9.17, 15) is 4.79 Å². The van der Waals surface area contributed by atoms with E-state index in [-0.39, 0.29) is 5.12 Å². The Morgan fingerprint density at radius 1 is 1.78 bits per heavy atom. The summed E-state index contributed by atoms with van der Waals surface area (Å²) >= 11 is 3.66. The first-order valence-corrected chi connectivity index (χ1v) is 3.01. The van der Waals surface area contributed by atoms with Gasteiger partial charge in [-0.3, -0.25) is 4.79 Å². The lowest BCUT2D eigenvalue weighted by Crippen LogP contribution is -1.97. The van der Waals surface area contributed by atoms with Gasteiger partial charge in [-0.2, -0.15) is 0 Å². The van der Waals surface area contributed by atoms with E-state index in [0.717, 1.165) is 0 Å². The van der Waals surface area contributed by atoms with E-state index in [2.05, 4.69) is 12.6 Å². The molecule has 0 unspecified atom stereocenters. The smallest absolute Gasteiger partial charge is 0.232 e. The number of hydrogen-bond donors (Lipinski definition) is 1. The highest BCUT2D eigenvalue weighted by Gasteiger charge is 2.00. The SMILES string of the molecule is Cn1cccc1C(=O)S. The second kappa shape index (κ2) is 2.27. The fraction of sp³-hybridized carbons (Fsp3) is 0.167. The van der Waals surface area contributed by atoms with Crippen LogP contribution in [0.4, 0.5) is 0 Å². The molecule has 3 heteroatoms. The summed E-state index contributed by atoms with van der Waals surface area (Å²) in [5.74, 6) is 0. The highest BCUT2D eigenvalue weighted by Crippen LogP contribution is 2.01. The van der Waals surface area contributed by atoms with E-state index in [1.165, 1.54) is 0 Å². The fourth-order valence-corrected chi connectivity index (χ4v) is 0.916. The third kappa shape index (κ3) is 1.16. The fourth-order valence-electron chi connectivity index (χ4n) is 0.683. The second-order valence-corrected chi connectivity index (χ2v) is 2.22. The quantitative estimate of drug-likeness (QED) is 0.581. The molecule has 1 heterocycles. The Morgan fingerprint density at radius 3 is 2.67 bits per heavy atom. The zero-order valence-corrected chi connectivity index (χ0v) is 5.93. The molecule has 0 aliphatic heterocycles. The van der Waals surface area contributed by atoms with Gasteiger partial charge in [0.05, 0.1) is 5.69 Å². The average Bonchev–Trinajstić information content (AvgIpc) is 2.13. The van der Waals surface area contributed by atoms with Gasteiger partial charge in [0.1, 0.15) is 0 Å². The maximum Gasteiger partial charge on any atom is 0.232 e. The highest BCUT2D eigenvalue weighted by atomic mass is 32.1. The summed E-state index contributed by atoms with van der Waals surface area (Å²) in [6.45, 7) is 0. The van der Waals surface area contributed by atoms with Crippen LogP contribution in [0.15, 0.2) is 18.3 Å². The molecule has 0 spiro atoms. The van der Waals surface area contributed by atoms with Gasteiger partial charge in [0.25, 0.3) is 0 Å². The van der Waals surface area contributed by atoms with Gasteiger partial charge in [-0.25, -0.2) is 0 Å². The van der Waals surface area contributed by atoms with Crippen LogP contribution >= 0.6 is 12.6 Å². The van der Waals surface area contributed by atoms with E-state index >= 15 is 0 Å². The summed E-state index contributed by atoms with van der Waals surface area (Å²) < 4.78 is 1.73. The Hall–Kier alpha value is -0.700. The van der Waals surface area contributed by atoms with Crippen LogP contribution in [0.5, 0.6) is 0 Å². The number of aromatic nitrogens is 1. The van der Waals surface area contributed by atoms with Crippen LogP contribution in [0.3, 0.4) is 0 Å². The molecule has 0 radical (unpaired) electrons. The van der Waals surface area contributed by atoms with Crippen molar-refractivity contribution >= 4 is 17.7 Å². The molecule has 0 aromatic carbocycles. The molecule has 9 heavy (non-hydrogen) atoms. The molecule has 0 amide bonds. The number of nitrogens with zero attached hydrogens (tertiary/aromatic N) is 1. The molecule has 2 nitrogen and oxygen atoms in total. The van der Waals surface area contributed by atoms with Crippen LogP contribution < -0.4 is 0 Å². The Bertz CT molecular complexity index is 229. The first-order chi connectivity index (χ1) is 4.22. The molecule has 0 aliphatic carbocycles. The number of thiol groups is 1. The van der Waals surface area contributed by atoms with Gasteiger partial charge in [-0.05, 0) is 12.1 Å². The Balaban J connectivity index is 3.08. The first-order valence-electron chi connectivity index (χ1n) is 2.56. The molecule has 1 rings (SSSR count). The highest BCUT2D eigenvalue weighted by molar-refractivity contribution is 7.97. The van der Waals surface area contributed by atoms with Crippen molar-refractivity contribution in [3.05, 3.63) is 24.0 Å². The summed E-state index contributed by atoms with van der Waals surface area (Å²) in [6, 6.07) is 3.54. The summed E-state index contributed by atoms with van der Waals surface area (Å²) in [5, 5.41) is -0.192. The average molecular weight is 141 g/mol. The van der Waals surface area contributed by atoms with Gasteiger partial charge in [-0.15, -0.1) is 0 Å². The lowest BCUT2D eigenvalue weighted by atomic mass is 10.5. The number of hydrogen-bond acceptors (Lipinski definition) is 1. The summed E-state index contributed by atoms with van der Waals surface area (Å²) in [6.07, 6.45) is 1.81. The number of carbonyl (C=O) groups excluding carboxylic acids is 1. The molecule has 0 saturated carbocycles. The molecule has 0 atom stereocenters. The maximum atomic E-state index is 10.6. The third-order valence-corrected chi connectivity index (χ3v) is 1.39. The van der Waals surface area contributed by atoms with Gasteiger partial charge in [0, 0.05) is 13.2 Å². The molecule has 1 aromatic rings. The van der Waals surface area contributed by atoms with Gasteiger partial charge in [-0.1, -0.05) is 12.6 Å². The van der Waals surface area contributed by atoms with Crippen molar-refractivity contribution in [1.29, 1.82) is 0 Å². The molecule has 48 valence electrons. The van der Waals surface area contributed by atoms with Crippen molar-refractivity contribution in [2.45, 2.75) is 0 Å². The number of rotatable bonds is 1. The van der Waals surface area contributed by atoms with E-state index < -0.39 is 0 Å². The van der Waals surface area contributed by atoms with Gasteiger partial charge in [0.15, 0.2) is 0 Å². The minimum atomic E-state index is -0.192.